The molecule has 4 nitrogen and oxygen atoms in total. The van der Waals surface area contributed by atoms with Crippen LogP contribution in [-0.4, -0.2) is 25.0 Å². The smallest absolute Gasteiger partial charge is 0.141 e. The summed E-state index contributed by atoms with van der Waals surface area (Å²) in [5, 5.41) is 0. The Balaban J connectivity index is 1.74. The predicted molar refractivity (Wildman–Crippen MR) is 102 cm³/mol. The van der Waals surface area contributed by atoms with E-state index in [1.165, 1.54) is 0 Å². The monoisotopic (exact) mass is 347 g/mol. The van der Waals surface area contributed by atoms with Gasteiger partial charge in [-0.2, -0.15) is 0 Å². The summed E-state index contributed by atoms with van der Waals surface area (Å²) in [6.45, 7) is 0. The van der Waals surface area contributed by atoms with Crippen molar-refractivity contribution in [2.24, 2.45) is 0 Å². The number of rotatable bonds is 7. The molecule has 0 spiro atoms. The van der Waals surface area contributed by atoms with E-state index in [1.807, 2.05) is 54.6 Å². The molecule has 0 radical (unpaired) electrons. The van der Waals surface area contributed by atoms with E-state index >= 15 is 0 Å². The van der Waals surface area contributed by atoms with Gasteiger partial charge in [-0.25, -0.2) is 0 Å². The number of nitrogens with zero attached hydrogens (tertiary/aromatic N) is 1. The molecule has 0 unspecified atom stereocenters. The highest BCUT2D eigenvalue weighted by atomic mass is 16.5. The van der Waals surface area contributed by atoms with Crippen molar-refractivity contribution in [2.75, 3.05) is 14.2 Å². The van der Waals surface area contributed by atoms with Crippen LogP contribution in [0.1, 0.15) is 11.1 Å². The number of ether oxygens (including phenoxy) is 2. The summed E-state index contributed by atoms with van der Waals surface area (Å²) in [6, 6.07) is 17.4. The minimum Gasteiger partial charge on any atom is -0.497 e. The van der Waals surface area contributed by atoms with E-state index in [1.54, 1.807) is 26.6 Å². The SMILES string of the molecule is COc1cccc(CC(=O)Cc2ccc(-c3ccncc3)c(OC)c2)c1. The molecule has 0 atom stereocenters. The number of benzene rings is 2. The fourth-order valence-corrected chi connectivity index (χ4v) is 2.92. The van der Waals surface area contributed by atoms with Gasteiger partial charge in [0.05, 0.1) is 14.2 Å². The average molecular weight is 347 g/mol. The zero-order chi connectivity index (χ0) is 18.4. The van der Waals surface area contributed by atoms with Gasteiger partial charge in [-0.15, -0.1) is 0 Å². The van der Waals surface area contributed by atoms with Crippen molar-refractivity contribution in [3.8, 4) is 22.6 Å². The zero-order valence-corrected chi connectivity index (χ0v) is 14.9. The Morgan fingerprint density at radius 1 is 0.885 bits per heavy atom. The second-order valence-electron chi connectivity index (χ2n) is 6.01. The normalized spacial score (nSPS) is 10.4. The van der Waals surface area contributed by atoms with Gasteiger partial charge in [0.15, 0.2) is 0 Å². The molecule has 4 heteroatoms. The van der Waals surface area contributed by atoms with Crippen molar-refractivity contribution in [1.29, 1.82) is 0 Å². The number of ketones is 1. The lowest BCUT2D eigenvalue weighted by molar-refractivity contribution is -0.117. The van der Waals surface area contributed by atoms with Gasteiger partial charge in [0, 0.05) is 30.8 Å². The quantitative estimate of drug-likeness (QED) is 0.645. The lowest BCUT2D eigenvalue weighted by Crippen LogP contribution is -2.07. The molecule has 2 aromatic carbocycles. The Bertz CT molecular complexity index is 891. The van der Waals surface area contributed by atoms with Gasteiger partial charge >= 0.3 is 0 Å². The fraction of sp³-hybridized carbons (Fsp3) is 0.182. The first-order chi connectivity index (χ1) is 12.7. The van der Waals surface area contributed by atoms with Gasteiger partial charge < -0.3 is 9.47 Å². The number of carbonyl (C=O) groups is 1. The highest BCUT2D eigenvalue weighted by Gasteiger charge is 2.10. The Kier molecular flexibility index (Phi) is 5.64. The van der Waals surface area contributed by atoms with Crippen LogP contribution in [0.3, 0.4) is 0 Å². The van der Waals surface area contributed by atoms with Crippen molar-refractivity contribution < 1.29 is 14.3 Å². The van der Waals surface area contributed by atoms with Crippen LogP contribution < -0.4 is 9.47 Å². The van der Waals surface area contributed by atoms with Crippen molar-refractivity contribution in [3.05, 3.63) is 78.1 Å². The number of Topliss-reactive ketones (excluding diaryl/α,β-unsaturated/α-hetero) is 1. The van der Waals surface area contributed by atoms with Crippen LogP contribution in [0.2, 0.25) is 0 Å². The van der Waals surface area contributed by atoms with E-state index in [9.17, 15) is 4.79 Å². The molecular weight excluding hydrogens is 326 g/mol. The number of carbonyl (C=O) groups excluding carboxylic acids is 1. The third-order valence-corrected chi connectivity index (χ3v) is 4.19. The summed E-state index contributed by atoms with van der Waals surface area (Å²) in [7, 11) is 3.26. The van der Waals surface area contributed by atoms with Crippen LogP contribution in [0.4, 0.5) is 0 Å². The summed E-state index contributed by atoms with van der Waals surface area (Å²) in [5.41, 5.74) is 3.91. The Morgan fingerprint density at radius 2 is 1.62 bits per heavy atom. The minimum atomic E-state index is 0.150. The second kappa shape index (κ2) is 8.30. The van der Waals surface area contributed by atoms with Crippen LogP contribution in [0, 0.1) is 0 Å². The summed E-state index contributed by atoms with van der Waals surface area (Å²) in [5.74, 6) is 1.67. The van der Waals surface area contributed by atoms with Gasteiger partial charge in [-0.3, -0.25) is 9.78 Å². The maximum atomic E-state index is 12.4. The predicted octanol–water partition coefficient (Wildman–Crippen LogP) is 4.12. The van der Waals surface area contributed by atoms with E-state index < -0.39 is 0 Å². The number of aromatic nitrogens is 1. The fourth-order valence-electron chi connectivity index (χ4n) is 2.92. The molecule has 0 N–H and O–H groups in total. The third-order valence-electron chi connectivity index (χ3n) is 4.19. The Morgan fingerprint density at radius 3 is 2.31 bits per heavy atom. The first-order valence-corrected chi connectivity index (χ1v) is 8.41. The molecule has 3 rings (SSSR count). The summed E-state index contributed by atoms with van der Waals surface area (Å²) in [6.07, 6.45) is 4.25. The van der Waals surface area contributed by atoms with E-state index in [0.29, 0.717) is 12.8 Å². The molecule has 0 bridgehead atoms. The molecule has 1 aromatic heterocycles. The molecule has 0 fully saturated rings. The molecule has 0 aliphatic carbocycles. The molecular formula is C22H21NO3. The van der Waals surface area contributed by atoms with Crippen LogP contribution in [-0.2, 0) is 17.6 Å². The maximum absolute atomic E-state index is 12.4. The number of hydrogen-bond acceptors (Lipinski definition) is 4. The number of hydrogen-bond donors (Lipinski definition) is 0. The van der Waals surface area contributed by atoms with Crippen LogP contribution in [0.25, 0.3) is 11.1 Å². The van der Waals surface area contributed by atoms with Gasteiger partial charge in [0.25, 0.3) is 0 Å². The van der Waals surface area contributed by atoms with E-state index in [0.717, 1.165) is 33.8 Å². The molecule has 0 saturated heterocycles. The minimum absolute atomic E-state index is 0.150. The van der Waals surface area contributed by atoms with E-state index in [4.69, 9.17) is 9.47 Å². The molecule has 3 aromatic rings. The van der Waals surface area contributed by atoms with Crippen LogP contribution in [0.15, 0.2) is 67.0 Å². The number of methoxy groups -OCH3 is 2. The van der Waals surface area contributed by atoms with Crippen molar-refractivity contribution in [1.82, 2.24) is 4.98 Å². The third kappa shape index (κ3) is 4.28. The molecule has 26 heavy (non-hydrogen) atoms. The van der Waals surface area contributed by atoms with Crippen molar-refractivity contribution in [3.63, 3.8) is 0 Å². The molecule has 0 saturated carbocycles. The van der Waals surface area contributed by atoms with E-state index in [-0.39, 0.29) is 5.78 Å². The van der Waals surface area contributed by atoms with Gasteiger partial charge in [0.2, 0.25) is 0 Å². The first-order valence-electron chi connectivity index (χ1n) is 8.41. The average Bonchev–Trinajstić information content (AvgIpc) is 2.68. The lowest BCUT2D eigenvalue weighted by Gasteiger charge is -2.11. The van der Waals surface area contributed by atoms with Gasteiger partial charge in [-0.05, 0) is 47.0 Å². The van der Waals surface area contributed by atoms with Crippen LogP contribution in [0.5, 0.6) is 11.5 Å². The standard InChI is InChI=1S/C22H21NO3/c1-25-20-5-3-4-16(14-20)12-19(24)13-17-6-7-21(22(15-17)26-2)18-8-10-23-11-9-18/h3-11,14-15H,12-13H2,1-2H3. The summed E-state index contributed by atoms with van der Waals surface area (Å²) >= 11 is 0. The highest BCUT2D eigenvalue weighted by molar-refractivity contribution is 5.83. The van der Waals surface area contributed by atoms with Gasteiger partial charge in [-0.1, -0.05) is 24.3 Å². The molecule has 132 valence electrons. The number of pyridine rings is 1. The molecule has 0 amide bonds. The van der Waals surface area contributed by atoms with Crippen molar-refractivity contribution >= 4 is 5.78 Å². The molecule has 0 aliphatic heterocycles. The topological polar surface area (TPSA) is 48.4 Å². The molecule has 0 aliphatic rings. The highest BCUT2D eigenvalue weighted by Crippen LogP contribution is 2.30. The summed E-state index contributed by atoms with van der Waals surface area (Å²) in [4.78, 5) is 16.5. The van der Waals surface area contributed by atoms with Crippen LogP contribution >= 0.6 is 0 Å². The zero-order valence-electron chi connectivity index (χ0n) is 14.9. The second-order valence-corrected chi connectivity index (χ2v) is 6.01. The first kappa shape index (κ1) is 17.7. The maximum Gasteiger partial charge on any atom is 0.141 e. The Labute approximate surface area is 153 Å². The lowest BCUT2D eigenvalue weighted by atomic mass is 9.99. The Hall–Kier alpha value is -3.14. The van der Waals surface area contributed by atoms with E-state index in [2.05, 4.69) is 4.98 Å². The molecule has 1 heterocycles. The van der Waals surface area contributed by atoms with Gasteiger partial charge in [0.1, 0.15) is 17.3 Å². The summed E-state index contributed by atoms with van der Waals surface area (Å²) < 4.78 is 10.7. The van der Waals surface area contributed by atoms with Crippen molar-refractivity contribution in [2.45, 2.75) is 12.8 Å². The largest absolute Gasteiger partial charge is 0.497 e.